The summed E-state index contributed by atoms with van der Waals surface area (Å²) in [6, 6.07) is 20.9. The molecule has 0 radical (unpaired) electrons. The van der Waals surface area contributed by atoms with Gasteiger partial charge in [0.15, 0.2) is 5.69 Å². The molecule has 4 rings (SSSR count). The SMILES string of the molecule is CCn1nc(C(=O)Nc2cccc(C#Cc3cccc(C(=O)OC)c3)c2)c2ccccc2c1=O. The zero-order valence-corrected chi connectivity index (χ0v) is 18.7. The molecule has 4 aromatic rings. The maximum atomic E-state index is 13.1. The first-order chi connectivity index (χ1) is 16.5. The first-order valence-corrected chi connectivity index (χ1v) is 10.6. The van der Waals surface area contributed by atoms with Crippen LogP contribution in [-0.2, 0) is 11.3 Å². The fourth-order valence-corrected chi connectivity index (χ4v) is 3.47. The minimum Gasteiger partial charge on any atom is -0.465 e. The second-order valence-electron chi connectivity index (χ2n) is 7.37. The van der Waals surface area contributed by atoms with Gasteiger partial charge >= 0.3 is 5.97 Å². The first-order valence-electron chi connectivity index (χ1n) is 10.6. The number of fused-ring (bicyclic) bond motifs is 1. The molecule has 1 heterocycles. The van der Waals surface area contributed by atoms with Gasteiger partial charge in [0.2, 0.25) is 0 Å². The van der Waals surface area contributed by atoms with Gasteiger partial charge in [-0.2, -0.15) is 5.10 Å². The number of ether oxygens (including phenoxy) is 1. The van der Waals surface area contributed by atoms with E-state index in [9.17, 15) is 14.4 Å². The van der Waals surface area contributed by atoms with Crippen LogP contribution in [0, 0.1) is 11.8 Å². The number of anilines is 1. The van der Waals surface area contributed by atoms with E-state index in [0.717, 1.165) is 0 Å². The van der Waals surface area contributed by atoms with Crippen molar-refractivity contribution in [3.63, 3.8) is 0 Å². The summed E-state index contributed by atoms with van der Waals surface area (Å²) >= 11 is 0. The molecule has 34 heavy (non-hydrogen) atoms. The van der Waals surface area contributed by atoms with Crippen molar-refractivity contribution in [2.24, 2.45) is 0 Å². The standard InChI is InChI=1S/C27H21N3O4/c1-3-30-26(32)23-13-5-4-12-22(23)24(29-30)25(31)28-21-11-7-9-19(17-21)15-14-18-8-6-10-20(16-18)27(33)34-2/h4-13,16-17H,3H2,1-2H3,(H,28,31). The lowest BCUT2D eigenvalue weighted by molar-refractivity contribution is 0.0600. The van der Waals surface area contributed by atoms with Crippen molar-refractivity contribution in [3.05, 3.63) is 106 Å². The summed E-state index contributed by atoms with van der Waals surface area (Å²) < 4.78 is 6.02. The van der Waals surface area contributed by atoms with Crippen LogP contribution in [0.2, 0.25) is 0 Å². The highest BCUT2D eigenvalue weighted by Crippen LogP contribution is 2.17. The number of hydrogen-bond donors (Lipinski definition) is 1. The number of hydrogen-bond acceptors (Lipinski definition) is 5. The van der Waals surface area contributed by atoms with E-state index < -0.39 is 11.9 Å². The molecule has 168 valence electrons. The van der Waals surface area contributed by atoms with Gasteiger partial charge in [0.05, 0.1) is 18.1 Å². The summed E-state index contributed by atoms with van der Waals surface area (Å²) in [5.41, 5.74) is 2.24. The molecule has 0 saturated heterocycles. The van der Waals surface area contributed by atoms with Gasteiger partial charge in [-0.25, -0.2) is 9.48 Å². The van der Waals surface area contributed by atoms with E-state index in [1.807, 2.05) is 6.07 Å². The van der Waals surface area contributed by atoms with E-state index in [0.29, 0.717) is 39.7 Å². The van der Waals surface area contributed by atoms with Crippen LogP contribution >= 0.6 is 0 Å². The Bertz CT molecular complexity index is 1530. The second kappa shape index (κ2) is 9.84. The number of nitrogens with one attached hydrogen (secondary N) is 1. The highest BCUT2D eigenvalue weighted by molar-refractivity contribution is 6.11. The number of aryl methyl sites for hydroxylation is 1. The van der Waals surface area contributed by atoms with E-state index in [4.69, 9.17) is 4.74 Å². The maximum Gasteiger partial charge on any atom is 0.337 e. The minimum absolute atomic E-state index is 0.174. The number of carbonyl (C=O) groups is 2. The Labute approximate surface area is 196 Å². The fraction of sp³-hybridized carbons (Fsp3) is 0.111. The Balaban J connectivity index is 1.61. The van der Waals surface area contributed by atoms with Crippen molar-refractivity contribution in [1.82, 2.24) is 9.78 Å². The molecule has 1 amide bonds. The van der Waals surface area contributed by atoms with Gasteiger partial charge in [-0.1, -0.05) is 42.2 Å². The number of amides is 1. The summed E-state index contributed by atoms with van der Waals surface area (Å²) in [5, 5.41) is 8.05. The summed E-state index contributed by atoms with van der Waals surface area (Å²) in [7, 11) is 1.33. The van der Waals surface area contributed by atoms with E-state index in [1.54, 1.807) is 73.7 Å². The quantitative estimate of drug-likeness (QED) is 0.376. The zero-order valence-electron chi connectivity index (χ0n) is 18.7. The van der Waals surface area contributed by atoms with Crippen molar-refractivity contribution in [2.75, 3.05) is 12.4 Å². The van der Waals surface area contributed by atoms with E-state index in [2.05, 4.69) is 22.3 Å². The van der Waals surface area contributed by atoms with Crippen LogP contribution in [0.15, 0.2) is 77.6 Å². The van der Waals surface area contributed by atoms with Crippen LogP contribution < -0.4 is 10.9 Å². The van der Waals surface area contributed by atoms with Crippen LogP contribution in [0.1, 0.15) is 38.9 Å². The molecule has 1 aromatic heterocycles. The highest BCUT2D eigenvalue weighted by Gasteiger charge is 2.16. The second-order valence-corrected chi connectivity index (χ2v) is 7.37. The number of methoxy groups -OCH3 is 1. The predicted molar refractivity (Wildman–Crippen MR) is 130 cm³/mol. The Morgan fingerprint density at radius 1 is 0.941 bits per heavy atom. The van der Waals surface area contributed by atoms with Gasteiger partial charge in [-0.3, -0.25) is 9.59 Å². The Hall–Kier alpha value is -4.70. The lowest BCUT2D eigenvalue weighted by atomic mass is 10.1. The molecule has 7 heteroatoms. The molecule has 1 N–H and O–H groups in total. The number of benzene rings is 3. The maximum absolute atomic E-state index is 13.1. The van der Waals surface area contributed by atoms with E-state index >= 15 is 0 Å². The smallest absolute Gasteiger partial charge is 0.337 e. The largest absolute Gasteiger partial charge is 0.465 e. The van der Waals surface area contributed by atoms with Gasteiger partial charge in [-0.15, -0.1) is 0 Å². The van der Waals surface area contributed by atoms with Crippen LogP contribution in [0.5, 0.6) is 0 Å². The molecule has 0 fully saturated rings. The third kappa shape index (κ3) is 4.71. The first kappa shape index (κ1) is 22.5. The average molecular weight is 451 g/mol. The molecule has 0 atom stereocenters. The topological polar surface area (TPSA) is 90.3 Å². The van der Waals surface area contributed by atoms with Crippen LogP contribution in [0.25, 0.3) is 10.8 Å². The third-order valence-corrected chi connectivity index (χ3v) is 5.14. The molecule has 7 nitrogen and oxygen atoms in total. The molecular weight excluding hydrogens is 430 g/mol. The van der Waals surface area contributed by atoms with Gasteiger partial charge < -0.3 is 10.1 Å². The summed E-state index contributed by atoms with van der Waals surface area (Å²) in [6.45, 7) is 2.15. The van der Waals surface area contributed by atoms with E-state index in [1.165, 1.54) is 11.8 Å². The molecule has 0 aliphatic rings. The molecule has 0 spiro atoms. The lowest BCUT2D eigenvalue weighted by Crippen LogP contribution is -2.27. The molecule has 0 aliphatic heterocycles. The molecule has 0 aliphatic carbocycles. The van der Waals surface area contributed by atoms with Crippen molar-refractivity contribution < 1.29 is 14.3 Å². The third-order valence-electron chi connectivity index (χ3n) is 5.14. The molecule has 3 aromatic carbocycles. The Morgan fingerprint density at radius 3 is 2.32 bits per heavy atom. The normalized spacial score (nSPS) is 10.3. The summed E-state index contributed by atoms with van der Waals surface area (Å²) in [4.78, 5) is 37.3. The Morgan fingerprint density at radius 2 is 1.62 bits per heavy atom. The minimum atomic E-state index is -0.427. The number of aromatic nitrogens is 2. The number of rotatable bonds is 4. The average Bonchev–Trinajstić information content (AvgIpc) is 2.87. The van der Waals surface area contributed by atoms with Crippen molar-refractivity contribution in [1.29, 1.82) is 0 Å². The zero-order chi connectivity index (χ0) is 24.1. The highest BCUT2D eigenvalue weighted by atomic mass is 16.5. The van der Waals surface area contributed by atoms with Gasteiger partial charge in [0.1, 0.15) is 0 Å². The van der Waals surface area contributed by atoms with Crippen molar-refractivity contribution in [2.45, 2.75) is 13.5 Å². The van der Waals surface area contributed by atoms with Gasteiger partial charge in [0, 0.05) is 28.7 Å². The number of nitrogens with zero attached hydrogens (tertiary/aromatic N) is 2. The predicted octanol–water partition coefficient (Wildman–Crippen LogP) is 3.86. The summed E-state index contributed by atoms with van der Waals surface area (Å²) in [5.74, 6) is 5.21. The van der Waals surface area contributed by atoms with Crippen molar-refractivity contribution in [3.8, 4) is 11.8 Å². The number of carbonyl (C=O) groups excluding carboxylic acids is 2. The van der Waals surface area contributed by atoms with Crippen molar-refractivity contribution >= 4 is 28.3 Å². The Kier molecular flexibility index (Phi) is 6.51. The molecular formula is C27H21N3O4. The monoisotopic (exact) mass is 451 g/mol. The fourth-order valence-electron chi connectivity index (χ4n) is 3.47. The molecule has 0 bridgehead atoms. The molecule has 0 unspecified atom stereocenters. The lowest BCUT2D eigenvalue weighted by Gasteiger charge is -2.10. The number of esters is 1. The van der Waals surface area contributed by atoms with Gasteiger partial charge in [0.25, 0.3) is 11.5 Å². The van der Waals surface area contributed by atoms with Crippen LogP contribution in [0.3, 0.4) is 0 Å². The van der Waals surface area contributed by atoms with Crippen LogP contribution in [-0.4, -0.2) is 28.8 Å². The molecule has 0 saturated carbocycles. The van der Waals surface area contributed by atoms with Crippen LogP contribution in [0.4, 0.5) is 5.69 Å². The van der Waals surface area contributed by atoms with E-state index in [-0.39, 0.29) is 11.3 Å². The van der Waals surface area contributed by atoms with Gasteiger partial charge in [-0.05, 0) is 49.4 Å². The summed E-state index contributed by atoms with van der Waals surface area (Å²) in [6.07, 6.45) is 0.